The van der Waals surface area contributed by atoms with Gasteiger partial charge in [-0.1, -0.05) is 36.4 Å². The Morgan fingerprint density at radius 2 is 1.76 bits per heavy atom. The average Bonchev–Trinajstić information content (AvgIpc) is 2.45. The van der Waals surface area contributed by atoms with Gasteiger partial charge in [0, 0.05) is 17.8 Å². The van der Waals surface area contributed by atoms with E-state index in [1.807, 2.05) is 0 Å². The number of hydrogen-bond donors (Lipinski definition) is 2. The lowest BCUT2D eigenvalue weighted by atomic mass is 10.2. The number of benzene rings is 2. The van der Waals surface area contributed by atoms with Crippen LogP contribution in [0.2, 0.25) is 0 Å². The van der Waals surface area contributed by atoms with E-state index in [1.165, 1.54) is 36.4 Å². The number of non-ortho nitro benzene ring substituents is 1. The molecule has 0 spiro atoms. The zero-order chi connectivity index (χ0) is 15.5. The van der Waals surface area contributed by atoms with E-state index in [9.17, 15) is 23.1 Å². The van der Waals surface area contributed by atoms with Crippen molar-refractivity contribution >= 4 is 21.5 Å². The lowest BCUT2D eigenvalue weighted by Gasteiger charge is -2.17. The van der Waals surface area contributed by atoms with Crippen molar-refractivity contribution in [3.63, 3.8) is 0 Å². The van der Waals surface area contributed by atoms with Gasteiger partial charge in [-0.3, -0.25) is 14.7 Å². The Hall–Kier alpha value is -2.45. The lowest BCUT2D eigenvalue weighted by Crippen LogP contribution is -2.20. The fraction of sp³-hybridized carbons (Fsp3) is 0.0769. The fourth-order valence-electron chi connectivity index (χ4n) is 1.82. The fourth-order valence-corrected chi connectivity index (χ4v) is 2.60. The van der Waals surface area contributed by atoms with Crippen molar-refractivity contribution in [1.29, 1.82) is 0 Å². The molecule has 0 saturated heterocycles. The largest absolute Gasteiger partial charge is 0.363 e. The van der Waals surface area contributed by atoms with Crippen molar-refractivity contribution < 1.29 is 17.9 Å². The molecule has 0 aliphatic carbocycles. The molecule has 0 saturated carbocycles. The van der Waals surface area contributed by atoms with Gasteiger partial charge in [0.2, 0.25) is 0 Å². The van der Waals surface area contributed by atoms with E-state index in [1.54, 1.807) is 18.2 Å². The minimum Gasteiger partial charge on any atom is -0.363 e. The molecule has 0 aliphatic rings. The highest BCUT2D eigenvalue weighted by atomic mass is 32.2. The van der Waals surface area contributed by atoms with Gasteiger partial charge in [-0.2, -0.15) is 8.42 Å². The number of nitrogens with zero attached hydrogens (tertiary/aromatic N) is 1. The molecule has 0 aromatic heterocycles. The van der Waals surface area contributed by atoms with E-state index >= 15 is 0 Å². The van der Waals surface area contributed by atoms with Gasteiger partial charge in [0.1, 0.15) is 0 Å². The van der Waals surface area contributed by atoms with Gasteiger partial charge in [0.05, 0.1) is 4.92 Å². The smallest absolute Gasteiger partial charge is 0.290 e. The zero-order valence-corrected chi connectivity index (χ0v) is 11.5. The van der Waals surface area contributed by atoms with E-state index in [2.05, 4.69) is 5.32 Å². The van der Waals surface area contributed by atoms with Crippen LogP contribution in [0.4, 0.5) is 11.4 Å². The maximum absolute atomic E-state index is 11.5. The Morgan fingerprint density at radius 3 is 2.33 bits per heavy atom. The standard InChI is InChI=1S/C13H12N2O5S/c16-15(17)12-8-4-7-11(9-12)14-13(21(18,19)20)10-5-2-1-3-6-10/h1-9,13-14H,(H,18,19,20)/t13-/m0/s1. The first-order valence-corrected chi connectivity index (χ1v) is 7.40. The van der Waals surface area contributed by atoms with Crippen LogP contribution >= 0.6 is 0 Å². The maximum Gasteiger partial charge on any atom is 0.290 e. The van der Waals surface area contributed by atoms with Crippen LogP contribution in [0.15, 0.2) is 54.6 Å². The summed E-state index contributed by atoms with van der Waals surface area (Å²) in [5.41, 5.74) is 0.365. The highest BCUT2D eigenvalue weighted by Crippen LogP contribution is 2.26. The van der Waals surface area contributed by atoms with E-state index < -0.39 is 20.4 Å². The molecule has 8 heteroatoms. The molecule has 110 valence electrons. The number of nitro groups is 1. The summed E-state index contributed by atoms with van der Waals surface area (Å²) in [6.45, 7) is 0. The van der Waals surface area contributed by atoms with Crippen LogP contribution < -0.4 is 5.32 Å². The van der Waals surface area contributed by atoms with Gasteiger partial charge in [0.15, 0.2) is 5.37 Å². The number of nitro benzene ring substituents is 1. The summed E-state index contributed by atoms with van der Waals surface area (Å²) < 4.78 is 32.4. The molecule has 2 aromatic carbocycles. The molecule has 2 rings (SSSR count). The summed E-state index contributed by atoms with van der Waals surface area (Å²) >= 11 is 0. The SMILES string of the molecule is O=[N+]([O-])c1cccc(N[C@H](c2ccccc2)S(=O)(=O)O)c1. The minimum atomic E-state index is -4.43. The summed E-state index contributed by atoms with van der Waals surface area (Å²) in [6.07, 6.45) is 0. The van der Waals surface area contributed by atoms with Crippen LogP contribution in [-0.4, -0.2) is 17.9 Å². The zero-order valence-electron chi connectivity index (χ0n) is 10.7. The third-order valence-corrected chi connectivity index (χ3v) is 3.74. The van der Waals surface area contributed by atoms with Crippen molar-refractivity contribution in [2.45, 2.75) is 5.37 Å². The van der Waals surface area contributed by atoms with Crippen LogP contribution in [0.25, 0.3) is 0 Å². The average molecular weight is 308 g/mol. The Labute approximate surface area is 121 Å². The Morgan fingerprint density at radius 1 is 1.10 bits per heavy atom. The third-order valence-electron chi connectivity index (χ3n) is 2.75. The van der Waals surface area contributed by atoms with Gasteiger partial charge in [-0.25, -0.2) is 0 Å². The highest BCUT2D eigenvalue weighted by molar-refractivity contribution is 7.86. The first-order valence-electron chi connectivity index (χ1n) is 5.90. The second-order valence-corrected chi connectivity index (χ2v) is 5.76. The van der Waals surface area contributed by atoms with Crippen molar-refractivity contribution in [3.8, 4) is 0 Å². The molecule has 0 aliphatic heterocycles. The topological polar surface area (TPSA) is 110 Å². The van der Waals surface area contributed by atoms with Gasteiger partial charge < -0.3 is 5.32 Å². The first-order chi connectivity index (χ1) is 9.88. The van der Waals surface area contributed by atoms with E-state index in [0.29, 0.717) is 5.56 Å². The molecule has 0 heterocycles. The molecular formula is C13H12N2O5S. The monoisotopic (exact) mass is 308 g/mol. The summed E-state index contributed by atoms with van der Waals surface area (Å²) in [7, 11) is -4.43. The van der Waals surface area contributed by atoms with Gasteiger partial charge >= 0.3 is 0 Å². The number of rotatable bonds is 5. The van der Waals surface area contributed by atoms with Crippen LogP contribution in [0.1, 0.15) is 10.9 Å². The lowest BCUT2D eigenvalue weighted by molar-refractivity contribution is -0.384. The van der Waals surface area contributed by atoms with Crippen molar-refractivity contribution in [2.24, 2.45) is 0 Å². The Bertz CT molecular complexity index is 746. The molecule has 7 nitrogen and oxygen atoms in total. The van der Waals surface area contributed by atoms with Crippen LogP contribution in [0, 0.1) is 10.1 Å². The van der Waals surface area contributed by atoms with Crippen molar-refractivity contribution in [2.75, 3.05) is 5.32 Å². The second kappa shape index (κ2) is 5.90. The molecule has 2 aromatic rings. The molecule has 21 heavy (non-hydrogen) atoms. The van der Waals surface area contributed by atoms with Crippen molar-refractivity contribution in [3.05, 3.63) is 70.3 Å². The molecule has 0 radical (unpaired) electrons. The first kappa shape index (κ1) is 14.9. The molecule has 0 bridgehead atoms. The second-order valence-electron chi connectivity index (χ2n) is 4.26. The molecule has 1 atom stereocenters. The Balaban J connectivity index is 2.37. The predicted octanol–water partition coefficient (Wildman–Crippen LogP) is 2.59. The molecule has 0 unspecified atom stereocenters. The van der Waals surface area contributed by atoms with Gasteiger partial charge in [-0.15, -0.1) is 0 Å². The summed E-state index contributed by atoms with van der Waals surface area (Å²) in [4.78, 5) is 10.1. The van der Waals surface area contributed by atoms with Gasteiger partial charge in [-0.05, 0) is 11.6 Å². The van der Waals surface area contributed by atoms with E-state index in [4.69, 9.17) is 0 Å². The van der Waals surface area contributed by atoms with Crippen LogP contribution in [-0.2, 0) is 10.1 Å². The number of anilines is 1. The van der Waals surface area contributed by atoms with Crippen LogP contribution in [0.3, 0.4) is 0 Å². The normalized spacial score (nSPS) is 12.6. The number of hydrogen-bond acceptors (Lipinski definition) is 5. The number of nitrogens with one attached hydrogen (secondary N) is 1. The highest BCUT2D eigenvalue weighted by Gasteiger charge is 2.25. The minimum absolute atomic E-state index is 0.179. The van der Waals surface area contributed by atoms with E-state index in [-0.39, 0.29) is 11.4 Å². The van der Waals surface area contributed by atoms with Crippen LogP contribution in [0.5, 0.6) is 0 Å². The Kier molecular flexibility index (Phi) is 4.20. The summed E-state index contributed by atoms with van der Waals surface area (Å²) in [5, 5.41) is 11.9. The predicted molar refractivity (Wildman–Crippen MR) is 77.5 cm³/mol. The summed E-state index contributed by atoms with van der Waals surface area (Å²) in [5.74, 6) is 0. The van der Waals surface area contributed by atoms with E-state index in [0.717, 1.165) is 0 Å². The van der Waals surface area contributed by atoms with Crippen molar-refractivity contribution in [1.82, 2.24) is 0 Å². The molecule has 0 fully saturated rings. The quantitative estimate of drug-likeness (QED) is 0.499. The molecular weight excluding hydrogens is 296 g/mol. The molecule has 0 amide bonds. The summed E-state index contributed by atoms with van der Waals surface area (Å²) in [6, 6.07) is 13.4. The third kappa shape index (κ3) is 3.77. The maximum atomic E-state index is 11.5. The molecule has 2 N–H and O–H groups in total. The van der Waals surface area contributed by atoms with Gasteiger partial charge in [0.25, 0.3) is 15.8 Å².